The molecule has 0 aromatic carbocycles. The van der Waals surface area contributed by atoms with Crippen LogP contribution in [-0.2, 0) is 17.6 Å². The molecule has 0 unspecified atom stereocenters. The molecular formula is C14H21N3O. The Morgan fingerprint density at radius 3 is 2.78 bits per heavy atom. The van der Waals surface area contributed by atoms with Crippen LogP contribution in [0, 0.1) is 6.92 Å². The van der Waals surface area contributed by atoms with Gasteiger partial charge in [0, 0.05) is 50.2 Å². The van der Waals surface area contributed by atoms with E-state index >= 15 is 0 Å². The molecule has 4 nitrogen and oxygen atoms in total. The number of nitrogens with zero attached hydrogens (tertiary/aromatic N) is 3. The summed E-state index contributed by atoms with van der Waals surface area (Å²) in [7, 11) is 0. The number of fused-ring (bicyclic) bond motifs is 1. The minimum Gasteiger partial charge on any atom is -0.381 e. The van der Waals surface area contributed by atoms with Gasteiger partial charge in [0.05, 0.1) is 0 Å². The van der Waals surface area contributed by atoms with Crippen LogP contribution >= 0.6 is 0 Å². The lowest BCUT2D eigenvalue weighted by atomic mass is 10.1. The van der Waals surface area contributed by atoms with Crippen molar-refractivity contribution in [2.45, 2.75) is 38.6 Å². The van der Waals surface area contributed by atoms with E-state index in [9.17, 15) is 0 Å². The van der Waals surface area contributed by atoms with Crippen LogP contribution in [0.25, 0.3) is 0 Å². The molecule has 1 aromatic rings. The number of rotatable bonds is 1. The third-order valence-electron chi connectivity index (χ3n) is 4.24. The molecule has 2 aliphatic heterocycles. The highest BCUT2D eigenvalue weighted by Gasteiger charge is 2.24. The Bertz CT molecular complexity index is 416. The monoisotopic (exact) mass is 247 g/mol. The summed E-state index contributed by atoms with van der Waals surface area (Å²) in [5.74, 6) is 0. The second kappa shape index (κ2) is 5.33. The lowest BCUT2D eigenvalue weighted by Gasteiger charge is -2.33. The summed E-state index contributed by atoms with van der Waals surface area (Å²) >= 11 is 0. The van der Waals surface area contributed by atoms with Crippen molar-refractivity contribution in [3.05, 3.63) is 23.3 Å². The molecule has 3 heterocycles. The lowest BCUT2D eigenvalue weighted by molar-refractivity contribution is 0.0355. The zero-order chi connectivity index (χ0) is 12.4. The van der Waals surface area contributed by atoms with E-state index in [1.165, 1.54) is 24.1 Å². The van der Waals surface area contributed by atoms with E-state index in [4.69, 9.17) is 4.74 Å². The molecule has 0 bridgehead atoms. The zero-order valence-electron chi connectivity index (χ0n) is 11.1. The topological polar surface area (TPSA) is 38.2 Å². The van der Waals surface area contributed by atoms with Crippen LogP contribution in [0.5, 0.6) is 0 Å². The third-order valence-corrected chi connectivity index (χ3v) is 4.24. The maximum absolute atomic E-state index is 5.45. The number of hydrogen-bond donors (Lipinski definition) is 0. The van der Waals surface area contributed by atoms with Gasteiger partial charge in [0.25, 0.3) is 0 Å². The quantitative estimate of drug-likeness (QED) is 0.751. The van der Waals surface area contributed by atoms with Gasteiger partial charge in [-0.25, -0.2) is 9.97 Å². The Balaban J connectivity index is 1.72. The fourth-order valence-electron chi connectivity index (χ4n) is 3.12. The third kappa shape index (κ3) is 2.40. The molecule has 1 aromatic heterocycles. The Labute approximate surface area is 108 Å². The molecule has 4 heteroatoms. The first-order valence-electron chi connectivity index (χ1n) is 6.96. The standard InChI is InChI=1S/C14H21N3O/c1-11-13-2-6-17(12-4-8-18-9-5-12)7-3-14(13)16-10-15-11/h10,12H,2-9H2,1H3. The fraction of sp³-hybridized carbons (Fsp3) is 0.714. The lowest BCUT2D eigenvalue weighted by Crippen LogP contribution is -2.40. The molecule has 0 saturated carbocycles. The number of aromatic nitrogens is 2. The van der Waals surface area contributed by atoms with Crippen LogP contribution in [0.4, 0.5) is 0 Å². The fourth-order valence-corrected chi connectivity index (χ4v) is 3.12. The summed E-state index contributed by atoms with van der Waals surface area (Å²) in [5.41, 5.74) is 3.80. The van der Waals surface area contributed by atoms with Crippen molar-refractivity contribution in [2.75, 3.05) is 26.3 Å². The summed E-state index contributed by atoms with van der Waals surface area (Å²) in [6, 6.07) is 0.710. The minimum absolute atomic E-state index is 0.710. The summed E-state index contributed by atoms with van der Waals surface area (Å²) in [6.07, 6.45) is 6.23. The summed E-state index contributed by atoms with van der Waals surface area (Å²) < 4.78 is 5.45. The van der Waals surface area contributed by atoms with E-state index in [0.29, 0.717) is 6.04 Å². The molecule has 0 aliphatic carbocycles. The first kappa shape index (κ1) is 12.1. The molecule has 1 fully saturated rings. The van der Waals surface area contributed by atoms with E-state index in [1.807, 2.05) is 0 Å². The molecule has 0 spiro atoms. The van der Waals surface area contributed by atoms with E-state index in [-0.39, 0.29) is 0 Å². The largest absolute Gasteiger partial charge is 0.381 e. The predicted octanol–water partition coefficient (Wildman–Crippen LogP) is 1.36. The number of aryl methyl sites for hydroxylation is 1. The van der Waals surface area contributed by atoms with Crippen LogP contribution in [0.15, 0.2) is 6.33 Å². The van der Waals surface area contributed by atoms with Crippen molar-refractivity contribution in [3.8, 4) is 0 Å². The van der Waals surface area contributed by atoms with Gasteiger partial charge in [0.15, 0.2) is 0 Å². The molecule has 98 valence electrons. The van der Waals surface area contributed by atoms with Crippen LogP contribution in [0.2, 0.25) is 0 Å². The maximum Gasteiger partial charge on any atom is 0.115 e. The van der Waals surface area contributed by atoms with Gasteiger partial charge in [-0.2, -0.15) is 0 Å². The highest BCUT2D eigenvalue weighted by molar-refractivity contribution is 5.25. The second-order valence-electron chi connectivity index (χ2n) is 5.26. The zero-order valence-corrected chi connectivity index (χ0v) is 11.1. The predicted molar refractivity (Wildman–Crippen MR) is 69.6 cm³/mol. The van der Waals surface area contributed by atoms with Crippen LogP contribution in [0.3, 0.4) is 0 Å². The SMILES string of the molecule is Cc1ncnc2c1CCN(C1CCOCC1)CC2. The molecule has 3 rings (SSSR count). The Kier molecular flexibility index (Phi) is 3.57. The van der Waals surface area contributed by atoms with E-state index in [0.717, 1.165) is 44.8 Å². The smallest absolute Gasteiger partial charge is 0.115 e. The minimum atomic E-state index is 0.710. The van der Waals surface area contributed by atoms with E-state index < -0.39 is 0 Å². The molecule has 0 radical (unpaired) electrons. The second-order valence-corrected chi connectivity index (χ2v) is 5.26. The Hall–Kier alpha value is -1.00. The van der Waals surface area contributed by atoms with Crippen molar-refractivity contribution < 1.29 is 4.74 Å². The Morgan fingerprint density at radius 2 is 1.94 bits per heavy atom. The van der Waals surface area contributed by atoms with Gasteiger partial charge in [-0.1, -0.05) is 0 Å². The highest BCUT2D eigenvalue weighted by atomic mass is 16.5. The molecule has 0 amide bonds. The number of hydrogen-bond acceptors (Lipinski definition) is 4. The molecule has 18 heavy (non-hydrogen) atoms. The van der Waals surface area contributed by atoms with Crippen molar-refractivity contribution in [1.82, 2.24) is 14.9 Å². The maximum atomic E-state index is 5.45. The highest BCUT2D eigenvalue weighted by Crippen LogP contribution is 2.21. The van der Waals surface area contributed by atoms with Crippen molar-refractivity contribution >= 4 is 0 Å². The van der Waals surface area contributed by atoms with Gasteiger partial charge >= 0.3 is 0 Å². The van der Waals surface area contributed by atoms with Gasteiger partial charge in [0.2, 0.25) is 0 Å². The molecule has 2 aliphatic rings. The van der Waals surface area contributed by atoms with Gasteiger partial charge in [-0.05, 0) is 31.7 Å². The van der Waals surface area contributed by atoms with Gasteiger partial charge in [0.1, 0.15) is 6.33 Å². The number of ether oxygens (including phenoxy) is 1. The van der Waals surface area contributed by atoms with Gasteiger partial charge in [-0.15, -0.1) is 0 Å². The van der Waals surface area contributed by atoms with E-state index in [2.05, 4.69) is 21.8 Å². The van der Waals surface area contributed by atoms with Crippen LogP contribution in [0.1, 0.15) is 29.8 Å². The van der Waals surface area contributed by atoms with Gasteiger partial charge in [-0.3, -0.25) is 4.90 Å². The molecule has 1 saturated heterocycles. The molecular weight excluding hydrogens is 226 g/mol. The van der Waals surface area contributed by atoms with Crippen molar-refractivity contribution in [1.29, 1.82) is 0 Å². The van der Waals surface area contributed by atoms with Crippen molar-refractivity contribution in [2.24, 2.45) is 0 Å². The molecule has 0 N–H and O–H groups in total. The van der Waals surface area contributed by atoms with Crippen LogP contribution < -0.4 is 0 Å². The first-order valence-corrected chi connectivity index (χ1v) is 6.96. The normalized spacial score (nSPS) is 22.5. The molecule has 0 atom stereocenters. The first-order chi connectivity index (χ1) is 8.84. The average molecular weight is 247 g/mol. The van der Waals surface area contributed by atoms with Gasteiger partial charge < -0.3 is 4.74 Å². The van der Waals surface area contributed by atoms with E-state index in [1.54, 1.807) is 6.33 Å². The van der Waals surface area contributed by atoms with Crippen molar-refractivity contribution in [3.63, 3.8) is 0 Å². The summed E-state index contributed by atoms with van der Waals surface area (Å²) in [4.78, 5) is 11.4. The Morgan fingerprint density at radius 1 is 1.17 bits per heavy atom. The summed E-state index contributed by atoms with van der Waals surface area (Å²) in [5, 5.41) is 0. The van der Waals surface area contributed by atoms with Crippen LogP contribution in [-0.4, -0.2) is 47.2 Å². The average Bonchev–Trinajstić information content (AvgIpc) is 2.63. The summed E-state index contributed by atoms with van der Waals surface area (Å²) in [6.45, 7) is 6.23.